The average Bonchev–Trinajstić information content (AvgIpc) is 2.96. The number of nitrogens with zero attached hydrogens (tertiary/aromatic N) is 2. The molecule has 0 amide bonds. The maximum absolute atomic E-state index is 5.92. The number of rotatable bonds is 2. The summed E-state index contributed by atoms with van der Waals surface area (Å²) in [6.07, 6.45) is 1.72. The van der Waals surface area contributed by atoms with E-state index < -0.39 is 0 Å². The molecule has 0 saturated carbocycles. The van der Waals surface area contributed by atoms with Gasteiger partial charge >= 0.3 is 0 Å². The van der Waals surface area contributed by atoms with Crippen molar-refractivity contribution in [1.82, 2.24) is 9.88 Å². The van der Waals surface area contributed by atoms with Crippen molar-refractivity contribution >= 4 is 10.9 Å². The van der Waals surface area contributed by atoms with Gasteiger partial charge in [0.25, 0.3) is 0 Å². The fraction of sp³-hybridized carbons (Fsp3) is 0.316. The third kappa shape index (κ3) is 2.70. The van der Waals surface area contributed by atoms with Crippen molar-refractivity contribution in [3.8, 4) is 5.88 Å². The third-order valence-electron chi connectivity index (χ3n) is 4.44. The van der Waals surface area contributed by atoms with Crippen LogP contribution in [0.1, 0.15) is 22.5 Å². The van der Waals surface area contributed by atoms with Crippen LogP contribution in [-0.4, -0.2) is 23.0 Å². The minimum atomic E-state index is 0.650. The lowest BCUT2D eigenvalue weighted by Gasteiger charge is -2.17. The molecule has 3 aromatic rings. The molecule has 0 saturated heterocycles. The van der Waals surface area contributed by atoms with E-state index in [4.69, 9.17) is 14.1 Å². The van der Waals surface area contributed by atoms with Crippen LogP contribution in [0.4, 0.5) is 0 Å². The number of aryl methyl sites for hydroxylation is 2. The van der Waals surface area contributed by atoms with Gasteiger partial charge in [0.05, 0.1) is 18.3 Å². The molecule has 0 spiro atoms. The smallest absolute Gasteiger partial charge is 0.218 e. The van der Waals surface area contributed by atoms with E-state index >= 15 is 0 Å². The lowest BCUT2D eigenvalue weighted by atomic mass is 10.0. The first-order chi connectivity index (χ1) is 11.2. The van der Waals surface area contributed by atoms with Crippen LogP contribution in [0.15, 0.2) is 41.0 Å². The van der Waals surface area contributed by atoms with Gasteiger partial charge in [-0.25, -0.2) is 4.98 Å². The Bertz CT molecular complexity index is 840. The summed E-state index contributed by atoms with van der Waals surface area (Å²) in [5.41, 5.74) is 4.63. The van der Waals surface area contributed by atoms with Gasteiger partial charge in [0.1, 0.15) is 12.4 Å². The molecule has 1 aromatic carbocycles. The molecule has 0 radical (unpaired) electrons. The number of hydrogen-bond donors (Lipinski definition) is 0. The molecule has 0 bridgehead atoms. The second-order valence-electron chi connectivity index (χ2n) is 6.19. The molecule has 0 aliphatic carbocycles. The van der Waals surface area contributed by atoms with Gasteiger partial charge in [0, 0.05) is 24.0 Å². The van der Waals surface area contributed by atoms with E-state index in [1.807, 2.05) is 12.1 Å². The van der Waals surface area contributed by atoms with Crippen LogP contribution in [0.25, 0.3) is 10.9 Å². The van der Waals surface area contributed by atoms with Crippen molar-refractivity contribution < 1.29 is 9.15 Å². The van der Waals surface area contributed by atoms with Gasteiger partial charge in [-0.1, -0.05) is 12.1 Å². The Morgan fingerprint density at radius 1 is 1.17 bits per heavy atom. The van der Waals surface area contributed by atoms with Crippen LogP contribution in [0.5, 0.6) is 5.88 Å². The van der Waals surface area contributed by atoms with E-state index in [1.165, 1.54) is 16.5 Å². The Labute approximate surface area is 135 Å². The lowest BCUT2D eigenvalue weighted by molar-refractivity contribution is 0.205. The largest absolute Gasteiger partial charge is 0.476 e. The summed E-state index contributed by atoms with van der Waals surface area (Å²) in [6, 6.07) is 10.5. The zero-order valence-electron chi connectivity index (χ0n) is 13.5. The number of pyridine rings is 1. The first-order valence-electron chi connectivity index (χ1n) is 7.98. The molecule has 23 heavy (non-hydrogen) atoms. The van der Waals surface area contributed by atoms with Crippen molar-refractivity contribution in [1.29, 1.82) is 0 Å². The Hall–Kier alpha value is -2.33. The normalized spacial score (nSPS) is 15.2. The highest BCUT2D eigenvalue weighted by atomic mass is 16.5. The van der Waals surface area contributed by atoms with Crippen LogP contribution >= 0.6 is 0 Å². The van der Waals surface area contributed by atoms with Gasteiger partial charge in [0.15, 0.2) is 0 Å². The molecule has 1 aliphatic rings. The number of fused-ring (bicyclic) bond motifs is 2. The van der Waals surface area contributed by atoms with Crippen molar-refractivity contribution in [2.75, 3.05) is 13.2 Å². The zero-order chi connectivity index (χ0) is 15.8. The van der Waals surface area contributed by atoms with E-state index in [0.29, 0.717) is 6.61 Å². The number of hydrogen-bond acceptors (Lipinski definition) is 4. The predicted octanol–water partition coefficient (Wildman–Crippen LogP) is 3.84. The summed E-state index contributed by atoms with van der Waals surface area (Å²) >= 11 is 0. The van der Waals surface area contributed by atoms with Crippen LogP contribution in [0.3, 0.4) is 0 Å². The number of aromatic nitrogens is 1. The topological polar surface area (TPSA) is 38.5 Å². The Morgan fingerprint density at radius 3 is 2.87 bits per heavy atom. The van der Waals surface area contributed by atoms with Crippen molar-refractivity contribution in [2.45, 2.75) is 26.9 Å². The molecule has 3 heterocycles. The second kappa shape index (κ2) is 5.70. The van der Waals surface area contributed by atoms with E-state index in [9.17, 15) is 0 Å². The molecular weight excluding hydrogens is 288 g/mol. The Kier molecular flexibility index (Phi) is 3.54. The van der Waals surface area contributed by atoms with Gasteiger partial charge in [0.2, 0.25) is 5.88 Å². The van der Waals surface area contributed by atoms with E-state index in [-0.39, 0.29) is 0 Å². The van der Waals surface area contributed by atoms with Crippen LogP contribution in [0, 0.1) is 13.8 Å². The van der Waals surface area contributed by atoms with Crippen LogP contribution < -0.4 is 4.74 Å². The van der Waals surface area contributed by atoms with Crippen molar-refractivity contribution in [2.24, 2.45) is 0 Å². The maximum atomic E-state index is 5.92. The highest BCUT2D eigenvalue weighted by molar-refractivity contribution is 5.86. The van der Waals surface area contributed by atoms with Crippen molar-refractivity contribution in [3.05, 3.63) is 59.0 Å². The Balaban J connectivity index is 1.72. The molecule has 0 atom stereocenters. The minimum absolute atomic E-state index is 0.650. The summed E-state index contributed by atoms with van der Waals surface area (Å²) < 4.78 is 11.4. The minimum Gasteiger partial charge on any atom is -0.476 e. The molecule has 118 valence electrons. The summed E-state index contributed by atoms with van der Waals surface area (Å²) in [4.78, 5) is 7.13. The molecule has 1 aliphatic heterocycles. The monoisotopic (exact) mass is 308 g/mol. The van der Waals surface area contributed by atoms with Crippen LogP contribution in [0.2, 0.25) is 0 Å². The standard InChI is InChI=1S/C19H20N2O2/c1-13-5-6-14(2)18-17(13)10-15-11-21(7-9-23-19(15)20-18)12-16-4-3-8-22-16/h3-6,8,10H,7,9,11-12H2,1-2H3. The summed E-state index contributed by atoms with van der Waals surface area (Å²) in [7, 11) is 0. The molecule has 4 nitrogen and oxygen atoms in total. The molecular formula is C19H20N2O2. The summed E-state index contributed by atoms with van der Waals surface area (Å²) in [5.74, 6) is 1.75. The number of ether oxygens (including phenoxy) is 1. The fourth-order valence-electron chi connectivity index (χ4n) is 3.15. The van der Waals surface area contributed by atoms with E-state index in [0.717, 1.165) is 42.4 Å². The fourth-order valence-corrected chi connectivity index (χ4v) is 3.15. The average molecular weight is 308 g/mol. The van der Waals surface area contributed by atoms with Crippen molar-refractivity contribution in [3.63, 3.8) is 0 Å². The molecule has 4 heteroatoms. The van der Waals surface area contributed by atoms with Gasteiger partial charge in [-0.05, 0) is 43.2 Å². The summed E-state index contributed by atoms with van der Waals surface area (Å²) in [5, 5.41) is 1.21. The van der Waals surface area contributed by atoms with E-state index in [1.54, 1.807) is 6.26 Å². The second-order valence-corrected chi connectivity index (χ2v) is 6.19. The highest BCUT2D eigenvalue weighted by Gasteiger charge is 2.19. The van der Waals surface area contributed by atoms with Gasteiger partial charge in [-0.2, -0.15) is 0 Å². The molecule has 0 unspecified atom stereocenters. The molecule has 0 N–H and O–H groups in total. The Morgan fingerprint density at radius 2 is 2.04 bits per heavy atom. The number of furan rings is 1. The maximum Gasteiger partial charge on any atom is 0.218 e. The molecule has 4 rings (SSSR count). The zero-order valence-corrected chi connectivity index (χ0v) is 13.5. The third-order valence-corrected chi connectivity index (χ3v) is 4.44. The first kappa shape index (κ1) is 14.3. The highest BCUT2D eigenvalue weighted by Crippen LogP contribution is 2.29. The molecule has 0 fully saturated rings. The number of benzene rings is 1. The van der Waals surface area contributed by atoms with E-state index in [2.05, 4.69) is 36.9 Å². The lowest BCUT2D eigenvalue weighted by Crippen LogP contribution is -2.24. The predicted molar refractivity (Wildman–Crippen MR) is 89.5 cm³/mol. The van der Waals surface area contributed by atoms with Crippen LogP contribution in [-0.2, 0) is 13.1 Å². The quantitative estimate of drug-likeness (QED) is 0.721. The van der Waals surface area contributed by atoms with Gasteiger partial charge in [-0.3, -0.25) is 4.90 Å². The summed E-state index contributed by atoms with van der Waals surface area (Å²) in [6.45, 7) is 7.37. The molecule has 2 aromatic heterocycles. The first-order valence-corrected chi connectivity index (χ1v) is 7.98. The SMILES string of the molecule is Cc1ccc(C)c2nc3c(cc12)CN(Cc1ccco1)CCO3. The van der Waals surface area contributed by atoms with Gasteiger partial charge < -0.3 is 9.15 Å². The van der Waals surface area contributed by atoms with Gasteiger partial charge in [-0.15, -0.1) is 0 Å².